The van der Waals surface area contributed by atoms with Gasteiger partial charge in [0.15, 0.2) is 18.1 Å². The Morgan fingerprint density at radius 3 is 2.26 bits per heavy atom. The largest absolute Gasteiger partial charge is 0.494 e. The van der Waals surface area contributed by atoms with E-state index in [2.05, 4.69) is 28.1 Å². The lowest BCUT2D eigenvalue weighted by Crippen LogP contribution is -2.32. The highest BCUT2D eigenvalue weighted by Crippen LogP contribution is 2.28. The Morgan fingerprint density at radius 2 is 1.54 bits per heavy atom. The molecule has 3 N–H and O–H groups in total. The summed E-state index contributed by atoms with van der Waals surface area (Å²) in [5, 5.41) is 9.10. The number of anilines is 2. The van der Waals surface area contributed by atoms with Crippen LogP contribution in [0.5, 0.6) is 17.2 Å². The first kappa shape index (κ1) is 28.7. The summed E-state index contributed by atoms with van der Waals surface area (Å²) in [7, 11) is 0. The lowest BCUT2D eigenvalue weighted by Gasteiger charge is -2.12. The highest BCUT2D eigenvalue weighted by atomic mass is 16.5. The van der Waals surface area contributed by atoms with Gasteiger partial charge in [0.05, 0.1) is 19.4 Å². The minimum Gasteiger partial charge on any atom is -0.494 e. The molecule has 10 heteroatoms. The fourth-order valence-electron chi connectivity index (χ4n) is 3.23. The maximum absolute atomic E-state index is 12.2. The second-order valence-corrected chi connectivity index (χ2v) is 8.22. The monoisotopic (exact) mass is 532 g/mol. The summed E-state index contributed by atoms with van der Waals surface area (Å²) >= 11 is 0. The van der Waals surface area contributed by atoms with Crippen LogP contribution in [0.15, 0.2) is 77.9 Å². The van der Waals surface area contributed by atoms with Gasteiger partial charge in [0.25, 0.3) is 5.91 Å². The van der Waals surface area contributed by atoms with Gasteiger partial charge in [0.2, 0.25) is 0 Å². The molecule has 0 spiro atoms. The minimum atomic E-state index is -0.927. The number of para-hydroxylation sites is 1. The molecular weight excluding hydrogens is 500 g/mol. The number of nitrogens with one attached hydrogen (secondary N) is 3. The third-order valence-corrected chi connectivity index (χ3v) is 5.15. The fraction of sp³-hybridized carbons (Fsp3) is 0.241. The van der Waals surface area contributed by atoms with Crippen LogP contribution in [0.2, 0.25) is 0 Å². The molecule has 0 aliphatic heterocycles. The maximum atomic E-state index is 12.2. The second-order valence-electron chi connectivity index (χ2n) is 8.22. The fourth-order valence-corrected chi connectivity index (χ4v) is 3.23. The molecule has 0 aliphatic rings. The van der Waals surface area contributed by atoms with E-state index < -0.39 is 11.8 Å². The maximum Gasteiger partial charge on any atom is 0.329 e. The molecule has 204 valence electrons. The average molecular weight is 533 g/mol. The molecule has 0 aromatic heterocycles. The van der Waals surface area contributed by atoms with E-state index in [0.717, 1.165) is 12.8 Å². The lowest BCUT2D eigenvalue weighted by molar-refractivity contribution is -0.136. The standard InChI is InChI=1S/C29H32N4O6/c1-3-5-17-38-24-14-12-23(13-15-24)32-28(35)29(36)33-30-19-21-11-16-25(26(18-21)37-4-2)39-20-27(34)31-22-9-7-6-8-10-22/h6-16,18-19H,3-5,17,20H2,1-2H3,(H,31,34)(H,32,35)(H,33,36)/b30-19-. The summed E-state index contributed by atoms with van der Waals surface area (Å²) in [4.78, 5) is 36.5. The molecule has 0 radical (unpaired) electrons. The Morgan fingerprint density at radius 1 is 0.795 bits per heavy atom. The number of hydrogen-bond acceptors (Lipinski definition) is 7. The van der Waals surface area contributed by atoms with Crippen LogP contribution in [0.4, 0.5) is 11.4 Å². The zero-order valence-electron chi connectivity index (χ0n) is 21.9. The van der Waals surface area contributed by atoms with E-state index in [9.17, 15) is 14.4 Å². The number of carbonyl (C=O) groups is 3. The van der Waals surface area contributed by atoms with E-state index in [4.69, 9.17) is 14.2 Å². The van der Waals surface area contributed by atoms with Gasteiger partial charge in [-0.15, -0.1) is 0 Å². The normalized spacial score (nSPS) is 10.5. The Balaban J connectivity index is 1.50. The minimum absolute atomic E-state index is 0.206. The van der Waals surface area contributed by atoms with Gasteiger partial charge in [-0.2, -0.15) is 5.10 Å². The van der Waals surface area contributed by atoms with Crippen LogP contribution < -0.4 is 30.3 Å². The number of unbranched alkanes of at least 4 members (excludes halogenated alkanes) is 1. The van der Waals surface area contributed by atoms with Crippen molar-refractivity contribution in [2.75, 3.05) is 30.5 Å². The van der Waals surface area contributed by atoms with Crippen molar-refractivity contribution in [2.45, 2.75) is 26.7 Å². The average Bonchev–Trinajstić information content (AvgIpc) is 2.94. The van der Waals surface area contributed by atoms with Gasteiger partial charge >= 0.3 is 11.8 Å². The number of carbonyl (C=O) groups excluding carboxylic acids is 3. The number of nitrogens with zero attached hydrogens (tertiary/aromatic N) is 1. The van der Waals surface area contributed by atoms with Crippen LogP contribution in [-0.4, -0.2) is 43.8 Å². The van der Waals surface area contributed by atoms with Gasteiger partial charge in [-0.3, -0.25) is 14.4 Å². The Bertz CT molecular complexity index is 1260. The quantitative estimate of drug-likeness (QED) is 0.130. The number of rotatable bonds is 13. The summed E-state index contributed by atoms with van der Waals surface area (Å²) in [5.41, 5.74) is 3.90. The van der Waals surface area contributed by atoms with Crippen molar-refractivity contribution in [1.82, 2.24) is 5.43 Å². The van der Waals surface area contributed by atoms with Crippen LogP contribution in [0, 0.1) is 0 Å². The molecule has 3 aromatic rings. The van der Waals surface area contributed by atoms with Crippen molar-refractivity contribution in [3.8, 4) is 17.2 Å². The molecule has 0 atom stereocenters. The first-order valence-electron chi connectivity index (χ1n) is 12.6. The van der Waals surface area contributed by atoms with E-state index >= 15 is 0 Å². The molecule has 3 amide bonds. The van der Waals surface area contributed by atoms with E-state index in [1.54, 1.807) is 54.6 Å². The van der Waals surface area contributed by atoms with Crippen LogP contribution >= 0.6 is 0 Å². The van der Waals surface area contributed by atoms with Crippen molar-refractivity contribution in [3.05, 3.63) is 78.4 Å². The summed E-state index contributed by atoms with van der Waals surface area (Å²) in [6.45, 7) is 4.69. The van der Waals surface area contributed by atoms with Crippen molar-refractivity contribution in [1.29, 1.82) is 0 Å². The van der Waals surface area contributed by atoms with E-state index in [1.807, 2.05) is 25.1 Å². The number of benzene rings is 3. The van der Waals surface area contributed by atoms with Gasteiger partial charge in [0.1, 0.15) is 5.75 Å². The summed E-state index contributed by atoms with van der Waals surface area (Å²) in [5.74, 6) is -0.633. The predicted molar refractivity (Wildman–Crippen MR) is 149 cm³/mol. The van der Waals surface area contributed by atoms with E-state index in [-0.39, 0.29) is 12.5 Å². The van der Waals surface area contributed by atoms with Gasteiger partial charge in [-0.25, -0.2) is 5.43 Å². The van der Waals surface area contributed by atoms with Gasteiger partial charge in [-0.1, -0.05) is 31.5 Å². The summed E-state index contributed by atoms with van der Waals surface area (Å²) < 4.78 is 16.8. The third kappa shape index (κ3) is 9.84. The number of ether oxygens (including phenoxy) is 3. The molecule has 0 fully saturated rings. The van der Waals surface area contributed by atoms with Crippen molar-refractivity contribution in [2.24, 2.45) is 5.10 Å². The first-order chi connectivity index (χ1) is 19.0. The van der Waals surface area contributed by atoms with Gasteiger partial charge < -0.3 is 24.8 Å². The zero-order chi connectivity index (χ0) is 27.9. The van der Waals surface area contributed by atoms with Gasteiger partial charge in [-0.05, 0) is 73.5 Å². The van der Waals surface area contributed by atoms with Crippen LogP contribution in [0.1, 0.15) is 32.3 Å². The highest BCUT2D eigenvalue weighted by molar-refractivity contribution is 6.39. The van der Waals surface area contributed by atoms with Crippen molar-refractivity contribution >= 4 is 35.3 Å². The molecule has 3 aromatic carbocycles. The molecule has 0 bridgehead atoms. The molecule has 0 aliphatic carbocycles. The van der Waals surface area contributed by atoms with Gasteiger partial charge in [0, 0.05) is 11.4 Å². The first-order valence-corrected chi connectivity index (χ1v) is 12.6. The molecule has 0 saturated carbocycles. The van der Waals surface area contributed by atoms with E-state index in [0.29, 0.717) is 47.4 Å². The molecule has 0 saturated heterocycles. The SMILES string of the molecule is CCCCOc1ccc(NC(=O)C(=O)N/N=C\c2ccc(OCC(=O)Nc3ccccc3)c(OCC)c2)cc1. The second kappa shape index (κ2) is 15.4. The van der Waals surface area contributed by atoms with Crippen molar-refractivity contribution < 1.29 is 28.6 Å². The highest BCUT2D eigenvalue weighted by Gasteiger charge is 2.13. The molecule has 3 rings (SSSR count). The van der Waals surface area contributed by atoms with Crippen LogP contribution in [0.3, 0.4) is 0 Å². The Kier molecular flexibility index (Phi) is 11.3. The van der Waals surface area contributed by atoms with E-state index in [1.165, 1.54) is 6.21 Å². The third-order valence-electron chi connectivity index (χ3n) is 5.15. The number of hydrazone groups is 1. The smallest absolute Gasteiger partial charge is 0.329 e. The van der Waals surface area contributed by atoms with Crippen LogP contribution in [0.25, 0.3) is 0 Å². The Labute approximate surface area is 227 Å². The van der Waals surface area contributed by atoms with Crippen LogP contribution in [-0.2, 0) is 14.4 Å². The summed E-state index contributed by atoms with van der Waals surface area (Å²) in [6.07, 6.45) is 3.36. The van der Waals surface area contributed by atoms with Crippen molar-refractivity contribution in [3.63, 3.8) is 0 Å². The predicted octanol–water partition coefficient (Wildman–Crippen LogP) is 4.37. The number of amides is 3. The molecule has 0 heterocycles. The molecule has 39 heavy (non-hydrogen) atoms. The molecular formula is C29H32N4O6. The zero-order valence-corrected chi connectivity index (χ0v) is 21.9. The molecule has 10 nitrogen and oxygen atoms in total. The topological polar surface area (TPSA) is 127 Å². The lowest BCUT2D eigenvalue weighted by atomic mass is 10.2. The Hall–Kier alpha value is -4.86. The summed E-state index contributed by atoms with van der Waals surface area (Å²) in [6, 6.07) is 20.8. The number of hydrogen-bond donors (Lipinski definition) is 3. The molecule has 0 unspecified atom stereocenters.